The van der Waals surface area contributed by atoms with Gasteiger partial charge < -0.3 is 5.11 Å². The molecule has 0 saturated heterocycles. The fourth-order valence-electron chi connectivity index (χ4n) is 1.75. The number of aliphatic hydroxyl groups excluding tert-OH is 1. The Bertz CT molecular complexity index is 313. The van der Waals surface area contributed by atoms with Crippen LogP contribution in [0.1, 0.15) is 30.5 Å². The number of aliphatic hydroxyl groups is 1. The van der Waals surface area contributed by atoms with Gasteiger partial charge in [0.2, 0.25) is 0 Å². The van der Waals surface area contributed by atoms with Crippen LogP contribution in [0.15, 0.2) is 24.3 Å². The van der Waals surface area contributed by atoms with E-state index in [4.69, 9.17) is 5.11 Å². The highest BCUT2D eigenvalue weighted by Crippen LogP contribution is 2.17. The lowest BCUT2D eigenvalue weighted by molar-refractivity contribution is 0.343. The molecule has 0 fully saturated rings. The highest BCUT2D eigenvalue weighted by molar-refractivity contribution is 5.56. The average Bonchev–Trinajstić information content (AvgIpc) is 2.25. The minimum Gasteiger partial charge on any atom is -0.392 e. The van der Waals surface area contributed by atoms with Gasteiger partial charge in [0.15, 0.2) is 0 Å². The van der Waals surface area contributed by atoms with E-state index >= 15 is 0 Å². The smallest absolute Gasteiger partial charge is 0.0615 e. The Labute approximate surface area is 86.1 Å². The molecule has 0 aliphatic carbocycles. The van der Waals surface area contributed by atoms with Gasteiger partial charge in [-0.2, -0.15) is 0 Å². The third-order valence-corrected chi connectivity index (χ3v) is 2.45. The van der Waals surface area contributed by atoms with Crippen molar-refractivity contribution in [1.29, 1.82) is 0 Å². The highest BCUT2D eigenvalue weighted by atomic mass is 16.2. The first-order chi connectivity index (χ1) is 6.83. The monoisotopic (exact) mass is 190 g/mol. The Morgan fingerprint density at radius 1 is 1.21 bits per heavy atom. The van der Waals surface area contributed by atoms with E-state index in [1.165, 1.54) is 16.7 Å². The minimum absolute atomic E-state index is 0.111. The quantitative estimate of drug-likeness (QED) is 0.774. The van der Waals surface area contributed by atoms with Gasteiger partial charge in [0.05, 0.1) is 6.61 Å². The van der Waals surface area contributed by atoms with Crippen molar-refractivity contribution in [3.63, 3.8) is 0 Å². The summed E-state index contributed by atoms with van der Waals surface area (Å²) in [5, 5.41) is 8.73. The second-order valence-corrected chi connectivity index (χ2v) is 3.28. The predicted molar refractivity (Wildman–Crippen MR) is 61.3 cm³/mol. The highest BCUT2D eigenvalue weighted by Gasteiger charge is 2.01. The molecular weight excluding hydrogens is 172 g/mol. The molecule has 1 heteroatoms. The molecular formula is C13H18O. The van der Waals surface area contributed by atoms with Crippen LogP contribution in [0.3, 0.4) is 0 Å². The van der Waals surface area contributed by atoms with E-state index in [9.17, 15) is 0 Å². The molecule has 1 aromatic rings. The van der Waals surface area contributed by atoms with Gasteiger partial charge >= 0.3 is 0 Å². The van der Waals surface area contributed by atoms with Crippen molar-refractivity contribution in [2.45, 2.75) is 26.7 Å². The molecule has 1 rings (SSSR count). The fraction of sp³-hybridized carbons (Fsp3) is 0.385. The summed E-state index contributed by atoms with van der Waals surface area (Å²) < 4.78 is 0. The van der Waals surface area contributed by atoms with Crippen LogP contribution in [0, 0.1) is 0 Å². The summed E-state index contributed by atoms with van der Waals surface area (Å²) in [4.78, 5) is 0. The van der Waals surface area contributed by atoms with Gasteiger partial charge in [-0.05, 0) is 29.5 Å². The average molecular weight is 190 g/mol. The van der Waals surface area contributed by atoms with Crippen molar-refractivity contribution in [3.05, 3.63) is 41.0 Å². The largest absolute Gasteiger partial charge is 0.392 e. The Hall–Kier alpha value is -1.08. The zero-order valence-corrected chi connectivity index (χ0v) is 8.96. The van der Waals surface area contributed by atoms with Gasteiger partial charge in [0, 0.05) is 0 Å². The fourth-order valence-corrected chi connectivity index (χ4v) is 1.75. The molecule has 0 aromatic heterocycles. The SMILES string of the molecule is CCc1cccc(C=CCO)c1CC. The molecule has 0 radical (unpaired) electrons. The molecule has 0 spiro atoms. The van der Waals surface area contributed by atoms with E-state index in [0.29, 0.717) is 0 Å². The van der Waals surface area contributed by atoms with Crippen molar-refractivity contribution < 1.29 is 5.11 Å². The molecule has 1 aromatic carbocycles. The van der Waals surface area contributed by atoms with Crippen LogP contribution in [0.5, 0.6) is 0 Å². The summed E-state index contributed by atoms with van der Waals surface area (Å²) in [7, 11) is 0. The van der Waals surface area contributed by atoms with Gasteiger partial charge in [0.1, 0.15) is 0 Å². The first kappa shape index (κ1) is 11.0. The summed E-state index contributed by atoms with van der Waals surface area (Å²) in [6.45, 7) is 4.46. The minimum atomic E-state index is 0.111. The predicted octanol–water partition coefficient (Wildman–Crippen LogP) is 2.82. The maximum Gasteiger partial charge on any atom is 0.0615 e. The molecule has 0 unspecified atom stereocenters. The third-order valence-electron chi connectivity index (χ3n) is 2.45. The van der Waals surface area contributed by atoms with Gasteiger partial charge in [-0.3, -0.25) is 0 Å². The topological polar surface area (TPSA) is 20.2 Å². The van der Waals surface area contributed by atoms with Crippen molar-refractivity contribution in [3.8, 4) is 0 Å². The molecule has 0 atom stereocenters. The lowest BCUT2D eigenvalue weighted by Gasteiger charge is -2.09. The van der Waals surface area contributed by atoms with Crippen molar-refractivity contribution >= 4 is 6.08 Å². The Kier molecular flexibility index (Phi) is 4.41. The Balaban J connectivity index is 3.08. The molecule has 0 aliphatic heterocycles. The lowest BCUT2D eigenvalue weighted by Crippen LogP contribution is -1.94. The zero-order chi connectivity index (χ0) is 10.4. The molecule has 1 N–H and O–H groups in total. The van der Waals surface area contributed by atoms with Crippen LogP contribution in [0.2, 0.25) is 0 Å². The molecule has 0 bridgehead atoms. The van der Waals surface area contributed by atoms with Crippen LogP contribution in [0.4, 0.5) is 0 Å². The van der Waals surface area contributed by atoms with Crippen LogP contribution in [-0.2, 0) is 12.8 Å². The van der Waals surface area contributed by atoms with Crippen LogP contribution in [-0.4, -0.2) is 11.7 Å². The van der Waals surface area contributed by atoms with Gasteiger partial charge in [-0.15, -0.1) is 0 Å². The van der Waals surface area contributed by atoms with Gasteiger partial charge in [-0.1, -0.05) is 44.2 Å². The molecule has 76 valence electrons. The number of hydrogen-bond acceptors (Lipinski definition) is 1. The van der Waals surface area contributed by atoms with Crippen molar-refractivity contribution in [1.82, 2.24) is 0 Å². The number of hydrogen-bond donors (Lipinski definition) is 1. The first-order valence-corrected chi connectivity index (χ1v) is 5.21. The molecule has 0 aliphatic rings. The molecule has 0 saturated carbocycles. The Morgan fingerprint density at radius 3 is 2.57 bits per heavy atom. The number of aryl methyl sites for hydroxylation is 1. The van der Waals surface area contributed by atoms with E-state index in [2.05, 4.69) is 32.0 Å². The third kappa shape index (κ3) is 2.46. The maximum absolute atomic E-state index is 8.73. The molecule has 14 heavy (non-hydrogen) atoms. The summed E-state index contributed by atoms with van der Waals surface area (Å²) in [5.41, 5.74) is 4.05. The van der Waals surface area contributed by atoms with Crippen LogP contribution < -0.4 is 0 Å². The van der Waals surface area contributed by atoms with E-state index < -0.39 is 0 Å². The van der Waals surface area contributed by atoms with E-state index in [0.717, 1.165) is 12.8 Å². The second-order valence-electron chi connectivity index (χ2n) is 3.28. The van der Waals surface area contributed by atoms with Crippen LogP contribution >= 0.6 is 0 Å². The van der Waals surface area contributed by atoms with E-state index in [1.807, 2.05) is 6.08 Å². The molecule has 0 amide bonds. The lowest BCUT2D eigenvalue weighted by atomic mass is 9.97. The summed E-state index contributed by atoms with van der Waals surface area (Å²) in [6, 6.07) is 6.36. The van der Waals surface area contributed by atoms with Gasteiger partial charge in [-0.25, -0.2) is 0 Å². The van der Waals surface area contributed by atoms with E-state index in [-0.39, 0.29) is 6.61 Å². The van der Waals surface area contributed by atoms with Crippen molar-refractivity contribution in [2.24, 2.45) is 0 Å². The molecule has 0 heterocycles. The van der Waals surface area contributed by atoms with E-state index in [1.54, 1.807) is 6.08 Å². The summed E-state index contributed by atoms with van der Waals surface area (Å²) in [5.74, 6) is 0. The molecule has 1 nitrogen and oxygen atoms in total. The van der Waals surface area contributed by atoms with Gasteiger partial charge in [0.25, 0.3) is 0 Å². The van der Waals surface area contributed by atoms with Crippen molar-refractivity contribution in [2.75, 3.05) is 6.61 Å². The standard InChI is InChI=1S/C13H18O/c1-3-11-7-5-8-12(9-6-10-14)13(11)4-2/h5-9,14H,3-4,10H2,1-2H3. The zero-order valence-electron chi connectivity index (χ0n) is 8.96. The normalized spacial score (nSPS) is 11.1. The maximum atomic E-state index is 8.73. The number of benzene rings is 1. The Morgan fingerprint density at radius 2 is 2.00 bits per heavy atom. The first-order valence-electron chi connectivity index (χ1n) is 5.21. The number of rotatable bonds is 4. The summed E-state index contributed by atoms with van der Waals surface area (Å²) >= 11 is 0. The van der Waals surface area contributed by atoms with Crippen LogP contribution in [0.25, 0.3) is 6.08 Å². The second kappa shape index (κ2) is 5.61. The summed E-state index contributed by atoms with van der Waals surface area (Å²) in [6.07, 6.45) is 5.91.